The zero-order valence-electron chi connectivity index (χ0n) is 22.1. The predicted molar refractivity (Wildman–Crippen MR) is 146 cm³/mol. The number of aromatic nitrogens is 1. The molecule has 1 saturated carbocycles. The molecule has 6 rings (SSSR count). The second-order valence-corrected chi connectivity index (χ2v) is 12.2. The predicted octanol–water partition coefficient (Wildman–Crippen LogP) is 1.34. The molecule has 4 aliphatic rings. The van der Waals surface area contributed by atoms with Crippen molar-refractivity contribution in [1.29, 1.82) is 0 Å². The molecule has 11 nitrogen and oxygen atoms in total. The maximum atomic E-state index is 16.0. The third-order valence-electron chi connectivity index (χ3n) is 8.29. The molecule has 1 aromatic carbocycles. The van der Waals surface area contributed by atoms with E-state index in [0.717, 1.165) is 22.7 Å². The van der Waals surface area contributed by atoms with E-state index in [4.69, 9.17) is 5.73 Å². The lowest BCUT2D eigenvalue weighted by Crippen LogP contribution is -2.60. The van der Waals surface area contributed by atoms with Gasteiger partial charge in [0.2, 0.25) is 11.3 Å². The molecule has 0 spiro atoms. The van der Waals surface area contributed by atoms with Crippen LogP contribution in [0.15, 0.2) is 27.7 Å². The Bertz CT molecular complexity index is 1590. The van der Waals surface area contributed by atoms with Gasteiger partial charge in [0.1, 0.15) is 28.1 Å². The summed E-state index contributed by atoms with van der Waals surface area (Å²) in [5, 5.41) is 21.3. The number of nitrogens with one attached hydrogen (secondary N) is 1. The van der Waals surface area contributed by atoms with Gasteiger partial charge in [0, 0.05) is 30.2 Å². The maximum Gasteiger partial charge on any atom is 0.353 e. The minimum absolute atomic E-state index is 0.0593. The van der Waals surface area contributed by atoms with Gasteiger partial charge in [0.05, 0.1) is 29.5 Å². The summed E-state index contributed by atoms with van der Waals surface area (Å²) in [5.74, 6) is -5.13. The summed E-state index contributed by atoms with van der Waals surface area (Å²) in [6, 6.07) is 0.818. The number of benzene rings is 1. The fraction of sp³-hybridized carbons (Fsp3) is 0.481. The minimum atomic E-state index is -1.36. The van der Waals surface area contributed by atoms with Crippen molar-refractivity contribution in [1.82, 2.24) is 14.8 Å². The van der Waals surface area contributed by atoms with E-state index in [2.05, 4.69) is 5.32 Å². The van der Waals surface area contributed by atoms with Gasteiger partial charge in [-0.2, -0.15) is 0 Å². The largest absolute Gasteiger partial charge is 0.477 e. The zero-order chi connectivity index (χ0) is 29.3. The number of aliphatic hydroxyl groups excluding tert-OH is 1. The number of hydrogen-bond donors (Lipinski definition) is 4. The Kier molecular flexibility index (Phi) is 6.82. The highest BCUT2D eigenvalue weighted by Gasteiger charge is 2.57. The summed E-state index contributed by atoms with van der Waals surface area (Å²) in [5.41, 5.74) is 4.02. The molecule has 0 bridgehead atoms. The number of halogens is 2. The van der Waals surface area contributed by atoms with E-state index in [0.29, 0.717) is 38.9 Å². The molecule has 1 aliphatic carbocycles. The van der Waals surface area contributed by atoms with Crippen molar-refractivity contribution in [3.05, 3.63) is 50.3 Å². The number of hydrogen-bond acceptors (Lipinski definition) is 8. The lowest BCUT2D eigenvalue weighted by atomic mass is 9.92. The van der Waals surface area contributed by atoms with E-state index < -0.39 is 52.2 Å². The van der Waals surface area contributed by atoms with E-state index in [-0.39, 0.29) is 51.3 Å². The van der Waals surface area contributed by atoms with Crippen LogP contribution < -0.4 is 21.4 Å². The fourth-order valence-electron chi connectivity index (χ4n) is 5.99. The molecule has 3 aliphatic heterocycles. The van der Waals surface area contributed by atoms with E-state index in [1.807, 2.05) is 0 Å². The molecule has 41 heavy (non-hydrogen) atoms. The van der Waals surface area contributed by atoms with Crippen LogP contribution >= 0.6 is 11.8 Å². The molecule has 2 aromatic rings. The molecule has 4 atom stereocenters. The monoisotopic (exact) mass is 589 g/mol. The van der Waals surface area contributed by atoms with Gasteiger partial charge in [0.15, 0.2) is 5.82 Å². The summed E-state index contributed by atoms with van der Waals surface area (Å²) in [6.07, 6.45) is 2.40. The summed E-state index contributed by atoms with van der Waals surface area (Å²) in [4.78, 5) is 53.9. The van der Waals surface area contributed by atoms with Crippen LogP contribution in [0.1, 0.15) is 42.6 Å². The van der Waals surface area contributed by atoms with E-state index in [9.17, 15) is 29.4 Å². The van der Waals surface area contributed by atoms with Crippen LogP contribution in [0, 0.1) is 23.5 Å². The Morgan fingerprint density at radius 2 is 1.98 bits per heavy atom. The van der Waals surface area contributed by atoms with Crippen LogP contribution in [-0.4, -0.2) is 75.1 Å². The Balaban J connectivity index is 1.32. The molecule has 218 valence electrons. The number of rotatable bonds is 8. The van der Waals surface area contributed by atoms with Crippen LogP contribution in [0.3, 0.4) is 0 Å². The average molecular weight is 590 g/mol. The van der Waals surface area contributed by atoms with Crippen LogP contribution in [-0.2, 0) is 9.59 Å². The van der Waals surface area contributed by atoms with Gasteiger partial charge in [-0.3, -0.25) is 19.3 Å². The first kappa shape index (κ1) is 27.7. The first-order valence-corrected chi connectivity index (χ1v) is 14.4. The van der Waals surface area contributed by atoms with Crippen molar-refractivity contribution in [2.24, 2.45) is 17.6 Å². The molecule has 3 fully saturated rings. The van der Waals surface area contributed by atoms with Gasteiger partial charge in [-0.1, -0.05) is 11.8 Å². The fourth-order valence-corrected chi connectivity index (χ4v) is 7.54. The molecule has 2 amide bonds. The number of carbonyl (C=O) groups is 3. The third kappa shape index (κ3) is 4.39. The van der Waals surface area contributed by atoms with Gasteiger partial charge in [0.25, 0.3) is 5.91 Å². The number of aliphatic carboxylic acids is 1. The number of thioether (sulfide) groups is 1. The lowest BCUT2D eigenvalue weighted by molar-refractivity contribution is -0.156. The summed E-state index contributed by atoms with van der Waals surface area (Å²) in [6.45, 7) is 2.39. The highest BCUT2D eigenvalue weighted by atomic mass is 32.2. The van der Waals surface area contributed by atoms with E-state index >= 15 is 8.78 Å². The highest BCUT2D eigenvalue weighted by Crippen LogP contribution is 2.50. The van der Waals surface area contributed by atoms with Gasteiger partial charge in [-0.05, 0) is 44.7 Å². The number of carboxylic acids is 1. The van der Waals surface area contributed by atoms with Crippen LogP contribution in [0.5, 0.6) is 0 Å². The van der Waals surface area contributed by atoms with Crippen molar-refractivity contribution < 1.29 is 33.4 Å². The summed E-state index contributed by atoms with van der Waals surface area (Å²) in [7, 11) is 0. The Morgan fingerprint density at radius 3 is 2.59 bits per heavy atom. The van der Waals surface area contributed by atoms with Gasteiger partial charge < -0.3 is 30.7 Å². The number of pyridine rings is 1. The van der Waals surface area contributed by atoms with Crippen molar-refractivity contribution >= 4 is 46.1 Å². The first-order valence-electron chi connectivity index (χ1n) is 13.5. The Labute approximate surface area is 236 Å². The highest BCUT2D eigenvalue weighted by molar-refractivity contribution is 8.04. The SMILES string of the molecule is C[C@@H](O)[C@@H]1C(=O)N2C(C(=O)O)=C(CNC(=O)c3cn(C4CC4)c4c(F)c(N5CCC(CN)C5)c(F)cc4c3=O)S[C@H]12. The standard InChI is InChI=1S/C27H29F2N5O6S/c1-11(35)18-25(38)34-22(27(39)40)17(41-26(18)34)8-31-24(37)15-10-33(13-2-3-13)20-14(23(15)36)6-16(28)21(19(20)29)32-5-4-12(7-30)9-32/h6,10-13,18,26,35H,2-5,7-9,30H2,1H3,(H,31,37)(H,39,40)/t11-,12?,18-,26-/m1/s1. The van der Waals surface area contributed by atoms with Gasteiger partial charge >= 0.3 is 5.97 Å². The zero-order valence-corrected chi connectivity index (χ0v) is 22.9. The number of amides is 2. The Hall–Kier alpha value is -3.49. The van der Waals surface area contributed by atoms with E-state index in [1.54, 1.807) is 4.90 Å². The molecule has 1 aromatic heterocycles. The minimum Gasteiger partial charge on any atom is -0.477 e. The first-order chi connectivity index (χ1) is 19.5. The number of fused-ring (bicyclic) bond motifs is 2. The smallest absolute Gasteiger partial charge is 0.353 e. The number of nitrogens with zero attached hydrogens (tertiary/aromatic N) is 3. The second-order valence-electron chi connectivity index (χ2n) is 11.0. The number of nitrogens with two attached hydrogens (primary N) is 1. The van der Waals surface area contributed by atoms with Crippen LogP contribution in [0.2, 0.25) is 0 Å². The van der Waals surface area contributed by atoms with Gasteiger partial charge in [-0.25, -0.2) is 13.6 Å². The average Bonchev–Trinajstić information content (AvgIpc) is 3.56. The normalized spacial score (nSPS) is 24.6. The number of anilines is 1. The second kappa shape index (κ2) is 10.1. The molecule has 1 unspecified atom stereocenters. The van der Waals surface area contributed by atoms with Crippen molar-refractivity contribution in [3.8, 4) is 0 Å². The van der Waals surface area contributed by atoms with E-state index in [1.165, 1.54) is 17.7 Å². The summed E-state index contributed by atoms with van der Waals surface area (Å²) >= 11 is 1.05. The van der Waals surface area contributed by atoms with Crippen LogP contribution in [0.25, 0.3) is 10.9 Å². The lowest BCUT2D eigenvalue weighted by Gasteiger charge is -2.43. The number of β-lactam (4-membered cyclic amide) rings is 1. The molecular weight excluding hydrogens is 560 g/mol. The molecule has 4 heterocycles. The number of aliphatic hydroxyl groups is 1. The van der Waals surface area contributed by atoms with Crippen molar-refractivity contribution in [2.45, 2.75) is 43.7 Å². The van der Waals surface area contributed by atoms with Crippen LogP contribution in [0.4, 0.5) is 14.5 Å². The topological polar surface area (TPSA) is 158 Å². The number of carbonyl (C=O) groups excluding carboxylic acids is 2. The van der Waals surface area contributed by atoms with Crippen molar-refractivity contribution in [3.63, 3.8) is 0 Å². The van der Waals surface area contributed by atoms with Crippen molar-refractivity contribution in [2.75, 3.05) is 31.1 Å². The van der Waals surface area contributed by atoms with Gasteiger partial charge in [-0.15, -0.1) is 0 Å². The number of carboxylic acid groups (broad SMARTS) is 1. The molecule has 2 saturated heterocycles. The Morgan fingerprint density at radius 1 is 1.24 bits per heavy atom. The third-order valence-corrected chi connectivity index (χ3v) is 9.66. The maximum absolute atomic E-state index is 16.0. The quantitative estimate of drug-likeness (QED) is 0.334. The molecule has 0 radical (unpaired) electrons. The molecule has 14 heteroatoms. The molecule has 5 N–H and O–H groups in total. The summed E-state index contributed by atoms with van der Waals surface area (Å²) < 4.78 is 32.8. The molecular formula is C27H29F2N5O6S.